The number of anilines is 6. The SMILES string of the molecule is CC1(C)c2ccccc2-c2cccc(C3(c4ccccc4)c4ccccc4N(c4ccc(N(c5ccccc5)c5ccccc5)cc4)c4ccccc43)c21. The molecular weight excluding hydrogens is 653 g/mol. The molecule has 10 rings (SSSR count). The van der Waals surface area contributed by atoms with Crippen LogP contribution in [0.4, 0.5) is 34.1 Å². The summed E-state index contributed by atoms with van der Waals surface area (Å²) in [5, 5.41) is 0. The summed E-state index contributed by atoms with van der Waals surface area (Å²) in [6.45, 7) is 4.81. The smallest absolute Gasteiger partial charge is 0.0745 e. The van der Waals surface area contributed by atoms with Gasteiger partial charge in [0, 0.05) is 28.2 Å². The lowest BCUT2D eigenvalue weighted by molar-refractivity contribution is 0.625. The molecule has 0 saturated carbocycles. The van der Waals surface area contributed by atoms with E-state index in [4.69, 9.17) is 0 Å². The Kier molecular flexibility index (Phi) is 7.42. The van der Waals surface area contributed by atoms with Crippen molar-refractivity contribution in [1.82, 2.24) is 0 Å². The van der Waals surface area contributed by atoms with Gasteiger partial charge in [0.2, 0.25) is 0 Å². The van der Waals surface area contributed by atoms with Gasteiger partial charge in [-0.2, -0.15) is 0 Å². The predicted molar refractivity (Wildman–Crippen MR) is 225 cm³/mol. The number of nitrogens with zero attached hydrogens (tertiary/aromatic N) is 2. The fourth-order valence-electron chi connectivity index (χ4n) is 9.48. The van der Waals surface area contributed by atoms with Crippen LogP contribution in [0, 0.1) is 0 Å². The van der Waals surface area contributed by atoms with Gasteiger partial charge < -0.3 is 9.80 Å². The highest BCUT2D eigenvalue weighted by atomic mass is 15.2. The Morgan fingerprint density at radius 1 is 0.370 bits per heavy atom. The normalized spacial score (nSPS) is 14.4. The van der Waals surface area contributed by atoms with Crippen molar-refractivity contribution in [1.29, 1.82) is 0 Å². The fraction of sp³-hybridized carbons (Fsp3) is 0.0769. The van der Waals surface area contributed by atoms with Crippen molar-refractivity contribution in [2.24, 2.45) is 0 Å². The van der Waals surface area contributed by atoms with Gasteiger partial charge in [-0.25, -0.2) is 0 Å². The van der Waals surface area contributed by atoms with Crippen LogP contribution in [0.5, 0.6) is 0 Å². The van der Waals surface area contributed by atoms with Gasteiger partial charge >= 0.3 is 0 Å². The van der Waals surface area contributed by atoms with Crippen LogP contribution in [0.1, 0.15) is 47.2 Å². The molecule has 1 aliphatic carbocycles. The molecule has 258 valence electrons. The molecule has 0 amide bonds. The molecule has 2 heteroatoms. The molecule has 1 aliphatic heterocycles. The molecule has 0 atom stereocenters. The van der Waals surface area contributed by atoms with Crippen molar-refractivity contribution in [3.8, 4) is 11.1 Å². The number of hydrogen-bond acceptors (Lipinski definition) is 2. The molecule has 0 bridgehead atoms. The van der Waals surface area contributed by atoms with Crippen LogP contribution in [0.25, 0.3) is 11.1 Å². The lowest BCUT2D eigenvalue weighted by Gasteiger charge is -2.48. The van der Waals surface area contributed by atoms with E-state index in [1.807, 2.05) is 0 Å². The molecule has 0 radical (unpaired) electrons. The van der Waals surface area contributed by atoms with Gasteiger partial charge in [0.05, 0.1) is 16.8 Å². The molecule has 0 aromatic heterocycles. The lowest BCUT2D eigenvalue weighted by Crippen LogP contribution is -2.39. The minimum atomic E-state index is -0.576. The molecule has 2 nitrogen and oxygen atoms in total. The van der Waals surface area contributed by atoms with E-state index in [2.05, 4.69) is 230 Å². The fourth-order valence-corrected chi connectivity index (χ4v) is 9.48. The second-order valence-corrected chi connectivity index (χ2v) is 14.9. The molecule has 8 aromatic carbocycles. The second-order valence-electron chi connectivity index (χ2n) is 14.9. The lowest BCUT2D eigenvalue weighted by atomic mass is 9.59. The first-order valence-corrected chi connectivity index (χ1v) is 18.9. The Bertz CT molecular complexity index is 2540. The van der Waals surface area contributed by atoms with Crippen LogP contribution in [-0.2, 0) is 10.8 Å². The van der Waals surface area contributed by atoms with E-state index in [9.17, 15) is 0 Å². The van der Waals surface area contributed by atoms with E-state index in [0.717, 1.165) is 22.7 Å². The predicted octanol–water partition coefficient (Wildman–Crippen LogP) is 13.6. The Balaban J connectivity index is 1.21. The van der Waals surface area contributed by atoms with Crippen LogP contribution in [0.3, 0.4) is 0 Å². The highest BCUT2D eigenvalue weighted by Gasteiger charge is 2.50. The first-order valence-electron chi connectivity index (χ1n) is 18.9. The first kappa shape index (κ1) is 32.0. The third kappa shape index (κ3) is 4.66. The van der Waals surface area contributed by atoms with Gasteiger partial charge in [0.25, 0.3) is 0 Å². The summed E-state index contributed by atoms with van der Waals surface area (Å²) in [5.74, 6) is 0. The number of para-hydroxylation sites is 4. The van der Waals surface area contributed by atoms with Gasteiger partial charge in [-0.15, -0.1) is 0 Å². The molecule has 0 N–H and O–H groups in total. The van der Waals surface area contributed by atoms with Crippen LogP contribution in [0.15, 0.2) is 206 Å². The molecular formula is C52H40N2. The topological polar surface area (TPSA) is 6.48 Å². The molecule has 54 heavy (non-hydrogen) atoms. The Labute approximate surface area is 318 Å². The molecule has 1 heterocycles. The van der Waals surface area contributed by atoms with E-state index < -0.39 is 5.41 Å². The Hall–Kier alpha value is -6.64. The average molecular weight is 693 g/mol. The highest BCUT2D eigenvalue weighted by Crippen LogP contribution is 2.61. The zero-order chi connectivity index (χ0) is 36.3. The highest BCUT2D eigenvalue weighted by molar-refractivity contribution is 5.92. The number of fused-ring (bicyclic) bond motifs is 5. The van der Waals surface area contributed by atoms with E-state index in [-0.39, 0.29) is 5.41 Å². The third-order valence-electron chi connectivity index (χ3n) is 11.7. The molecule has 8 aromatic rings. The van der Waals surface area contributed by atoms with E-state index in [1.165, 1.54) is 55.9 Å². The molecule has 0 saturated heterocycles. The molecule has 0 spiro atoms. The minimum absolute atomic E-state index is 0.190. The van der Waals surface area contributed by atoms with Crippen molar-refractivity contribution >= 4 is 34.1 Å². The zero-order valence-electron chi connectivity index (χ0n) is 30.5. The Morgan fingerprint density at radius 3 is 1.41 bits per heavy atom. The van der Waals surface area contributed by atoms with E-state index in [0.29, 0.717) is 0 Å². The number of rotatable bonds is 6. The summed E-state index contributed by atoms with van der Waals surface area (Å²) in [4.78, 5) is 4.78. The maximum Gasteiger partial charge on any atom is 0.0745 e. The maximum absolute atomic E-state index is 2.47. The summed E-state index contributed by atoms with van der Waals surface area (Å²) in [6, 6.07) is 75.6. The van der Waals surface area contributed by atoms with Crippen LogP contribution in [-0.4, -0.2) is 0 Å². The summed E-state index contributed by atoms with van der Waals surface area (Å²) in [5.41, 5.74) is 16.7. The van der Waals surface area contributed by atoms with E-state index in [1.54, 1.807) is 0 Å². The molecule has 2 aliphatic rings. The summed E-state index contributed by atoms with van der Waals surface area (Å²) in [6.07, 6.45) is 0. The molecule has 0 unspecified atom stereocenters. The van der Waals surface area contributed by atoms with Crippen molar-refractivity contribution in [3.05, 3.63) is 240 Å². The quantitative estimate of drug-likeness (QED) is 0.171. The summed E-state index contributed by atoms with van der Waals surface area (Å²) in [7, 11) is 0. The Morgan fingerprint density at radius 2 is 0.815 bits per heavy atom. The standard InChI is InChI=1S/C52H40N2/c1-51(2)44-27-13-12-25-42(44)43-26-18-30-47(50(43)51)52(37-19-6-3-7-20-37)45-28-14-16-31-48(45)54(49-32-17-15-29-46(49)52)41-35-33-40(34-36-41)53(38-21-8-4-9-22-38)39-23-10-5-11-24-39/h3-36H,1-2H3. The van der Waals surface area contributed by atoms with Crippen molar-refractivity contribution < 1.29 is 0 Å². The van der Waals surface area contributed by atoms with Crippen molar-refractivity contribution in [3.63, 3.8) is 0 Å². The second kappa shape index (κ2) is 12.5. The van der Waals surface area contributed by atoms with Gasteiger partial charge in [-0.3, -0.25) is 0 Å². The average Bonchev–Trinajstić information content (AvgIpc) is 3.47. The summed E-state index contributed by atoms with van der Waals surface area (Å²) < 4.78 is 0. The number of benzene rings is 8. The minimum Gasteiger partial charge on any atom is -0.311 e. The van der Waals surface area contributed by atoms with Crippen LogP contribution >= 0.6 is 0 Å². The first-order chi connectivity index (χ1) is 26.6. The molecule has 0 fully saturated rings. The van der Waals surface area contributed by atoms with Gasteiger partial charge in [-0.1, -0.05) is 159 Å². The monoisotopic (exact) mass is 692 g/mol. The van der Waals surface area contributed by atoms with Crippen LogP contribution < -0.4 is 9.80 Å². The maximum atomic E-state index is 2.47. The van der Waals surface area contributed by atoms with Gasteiger partial charge in [0.1, 0.15) is 0 Å². The van der Waals surface area contributed by atoms with E-state index >= 15 is 0 Å². The zero-order valence-corrected chi connectivity index (χ0v) is 30.5. The third-order valence-corrected chi connectivity index (χ3v) is 11.7. The van der Waals surface area contributed by atoms with Gasteiger partial charge in [0.15, 0.2) is 0 Å². The van der Waals surface area contributed by atoms with Crippen molar-refractivity contribution in [2.75, 3.05) is 9.80 Å². The van der Waals surface area contributed by atoms with Crippen LogP contribution in [0.2, 0.25) is 0 Å². The summed E-state index contributed by atoms with van der Waals surface area (Å²) >= 11 is 0. The van der Waals surface area contributed by atoms with Gasteiger partial charge in [-0.05, 0) is 105 Å². The number of hydrogen-bond donors (Lipinski definition) is 0. The largest absolute Gasteiger partial charge is 0.311 e. The van der Waals surface area contributed by atoms with Crippen molar-refractivity contribution in [2.45, 2.75) is 24.7 Å².